The molecule has 0 heterocycles. The summed E-state index contributed by atoms with van der Waals surface area (Å²) in [7, 11) is 3.13. The van der Waals surface area contributed by atoms with Gasteiger partial charge in [0.1, 0.15) is 5.82 Å². The molecule has 0 amide bonds. The second kappa shape index (κ2) is 6.54. The zero-order valence-corrected chi connectivity index (χ0v) is 12.6. The van der Waals surface area contributed by atoms with E-state index in [1.54, 1.807) is 6.07 Å². The van der Waals surface area contributed by atoms with Crippen LogP contribution in [0.1, 0.15) is 41.6 Å². The summed E-state index contributed by atoms with van der Waals surface area (Å²) < 4.78 is 18.4. The number of carbonyl (C=O) groups excluding carboxylic acids is 1. The summed E-state index contributed by atoms with van der Waals surface area (Å²) >= 11 is 0. The zero-order valence-electron chi connectivity index (χ0n) is 12.6. The molecule has 1 aromatic rings. The number of aliphatic hydroxyl groups is 1. The first kappa shape index (κ1) is 15.9. The van der Waals surface area contributed by atoms with Gasteiger partial charge in [-0.15, -0.1) is 0 Å². The maximum absolute atomic E-state index is 13.8. The minimum Gasteiger partial charge on any atom is -0.465 e. The Morgan fingerprint density at radius 1 is 1.43 bits per heavy atom. The van der Waals surface area contributed by atoms with E-state index >= 15 is 0 Å². The minimum atomic E-state index is -0.673. The molecule has 4 nitrogen and oxygen atoms in total. The van der Waals surface area contributed by atoms with Gasteiger partial charge in [-0.3, -0.25) is 4.90 Å². The van der Waals surface area contributed by atoms with Crippen LogP contribution in [0.4, 0.5) is 4.39 Å². The molecular formula is C16H22FNO3. The zero-order chi connectivity index (χ0) is 15.5. The summed E-state index contributed by atoms with van der Waals surface area (Å²) in [5.41, 5.74) is 0.0989. The number of rotatable bonds is 5. The standard InChI is InChI=1S/C16H22FNO3/c1-18(11-16(20)7-3-4-8-16)10-12-5-6-13(14(17)9-12)15(19)21-2/h5-6,9,20H,3-4,7-8,10-11H2,1-2H3. The number of nitrogens with zero attached hydrogens (tertiary/aromatic N) is 1. The van der Waals surface area contributed by atoms with Crippen LogP contribution in [-0.4, -0.2) is 42.3 Å². The Bertz CT molecular complexity index is 512. The fraction of sp³-hybridized carbons (Fsp3) is 0.562. The van der Waals surface area contributed by atoms with E-state index < -0.39 is 17.4 Å². The van der Waals surface area contributed by atoms with Crippen LogP contribution in [0, 0.1) is 5.82 Å². The van der Waals surface area contributed by atoms with Gasteiger partial charge < -0.3 is 9.84 Å². The Balaban J connectivity index is 1.99. The minimum absolute atomic E-state index is 0.0571. The molecule has 1 aliphatic carbocycles. The lowest BCUT2D eigenvalue weighted by Crippen LogP contribution is -2.38. The van der Waals surface area contributed by atoms with Crippen LogP contribution < -0.4 is 0 Å². The molecule has 21 heavy (non-hydrogen) atoms. The average Bonchev–Trinajstić information content (AvgIpc) is 2.84. The van der Waals surface area contributed by atoms with E-state index in [9.17, 15) is 14.3 Å². The van der Waals surface area contributed by atoms with Crippen molar-refractivity contribution in [2.45, 2.75) is 37.8 Å². The maximum Gasteiger partial charge on any atom is 0.340 e. The number of esters is 1. The Labute approximate surface area is 124 Å². The summed E-state index contributed by atoms with van der Waals surface area (Å²) in [6.07, 6.45) is 3.78. The van der Waals surface area contributed by atoms with Gasteiger partial charge >= 0.3 is 5.97 Å². The molecule has 0 spiro atoms. The number of ether oxygens (including phenoxy) is 1. The molecule has 0 radical (unpaired) electrons. The van der Waals surface area contributed by atoms with Gasteiger partial charge in [0.15, 0.2) is 0 Å². The molecule has 1 aliphatic rings. The van der Waals surface area contributed by atoms with Crippen LogP contribution >= 0.6 is 0 Å². The van der Waals surface area contributed by atoms with E-state index in [0.29, 0.717) is 13.1 Å². The van der Waals surface area contributed by atoms with Gasteiger partial charge in [-0.2, -0.15) is 0 Å². The van der Waals surface area contributed by atoms with Crippen molar-refractivity contribution in [1.29, 1.82) is 0 Å². The first-order chi connectivity index (χ1) is 9.93. The predicted octanol–water partition coefficient (Wildman–Crippen LogP) is 2.35. The molecule has 0 atom stereocenters. The molecule has 0 saturated heterocycles. The largest absolute Gasteiger partial charge is 0.465 e. The number of hydrogen-bond acceptors (Lipinski definition) is 4. The van der Waals surface area contributed by atoms with Crippen LogP contribution in [0.3, 0.4) is 0 Å². The fourth-order valence-electron chi connectivity index (χ4n) is 2.99. The first-order valence-corrected chi connectivity index (χ1v) is 7.21. The molecule has 0 bridgehead atoms. The highest BCUT2D eigenvalue weighted by Crippen LogP contribution is 2.30. The molecule has 5 heteroatoms. The second-order valence-corrected chi connectivity index (χ2v) is 5.91. The van der Waals surface area contributed by atoms with E-state index in [2.05, 4.69) is 4.74 Å². The molecule has 0 aromatic heterocycles. The molecular weight excluding hydrogens is 273 g/mol. The van der Waals surface area contributed by atoms with E-state index in [1.165, 1.54) is 19.2 Å². The normalized spacial score (nSPS) is 17.2. The third kappa shape index (κ3) is 4.02. The van der Waals surface area contributed by atoms with Crippen LogP contribution in [0.5, 0.6) is 0 Å². The van der Waals surface area contributed by atoms with E-state index in [1.807, 2.05) is 11.9 Å². The van der Waals surface area contributed by atoms with E-state index in [4.69, 9.17) is 0 Å². The van der Waals surface area contributed by atoms with Crippen molar-refractivity contribution in [3.63, 3.8) is 0 Å². The SMILES string of the molecule is COC(=O)c1ccc(CN(C)CC2(O)CCCC2)cc1F. The number of carbonyl (C=O) groups is 1. The number of methoxy groups -OCH3 is 1. The van der Waals surface area contributed by atoms with E-state index in [-0.39, 0.29) is 5.56 Å². The molecule has 116 valence electrons. The second-order valence-electron chi connectivity index (χ2n) is 5.91. The average molecular weight is 295 g/mol. The Morgan fingerprint density at radius 2 is 2.10 bits per heavy atom. The predicted molar refractivity (Wildman–Crippen MR) is 77.5 cm³/mol. The molecule has 0 unspecified atom stereocenters. The highest BCUT2D eigenvalue weighted by molar-refractivity contribution is 5.89. The summed E-state index contributed by atoms with van der Waals surface area (Å²) in [6.45, 7) is 1.11. The lowest BCUT2D eigenvalue weighted by molar-refractivity contribution is 0.0145. The third-order valence-corrected chi connectivity index (χ3v) is 3.99. The van der Waals surface area contributed by atoms with Crippen molar-refractivity contribution in [3.8, 4) is 0 Å². The van der Waals surface area contributed by atoms with E-state index in [0.717, 1.165) is 31.2 Å². The van der Waals surface area contributed by atoms with Crippen molar-refractivity contribution < 1.29 is 19.0 Å². The van der Waals surface area contributed by atoms with Gasteiger partial charge in [-0.1, -0.05) is 18.9 Å². The summed E-state index contributed by atoms with van der Waals surface area (Å²) in [5, 5.41) is 10.4. The van der Waals surface area contributed by atoms with Gasteiger partial charge in [0.2, 0.25) is 0 Å². The molecule has 2 rings (SSSR count). The third-order valence-electron chi connectivity index (χ3n) is 3.99. The Hall–Kier alpha value is -1.46. The maximum atomic E-state index is 13.8. The van der Waals surface area contributed by atoms with Gasteiger partial charge in [0, 0.05) is 13.1 Å². The topological polar surface area (TPSA) is 49.8 Å². The van der Waals surface area contributed by atoms with Crippen molar-refractivity contribution in [1.82, 2.24) is 4.90 Å². The Morgan fingerprint density at radius 3 is 2.67 bits per heavy atom. The summed E-state index contributed by atoms with van der Waals surface area (Å²) in [6, 6.07) is 4.50. The molecule has 1 saturated carbocycles. The molecule has 1 N–H and O–H groups in total. The van der Waals surface area contributed by atoms with Gasteiger partial charge in [-0.25, -0.2) is 9.18 Å². The van der Waals surface area contributed by atoms with Crippen molar-refractivity contribution in [3.05, 3.63) is 35.1 Å². The monoisotopic (exact) mass is 295 g/mol. The van der Waals surface area contributed by atoms with Gasteiger partial charge in [0.25, 0.3) is 0 Å². The molecule has 0 aliphatic heterocycles. The highest BCUT2D eigenvalue weighted by Gasteiger charge is 2.32. The van der Waals surface area contributed by atoms with Crippen LogP contribution in [0.15, 0.2) is 18.2 Å². The first-order valence-electron chi connectivity index (χ1n) is 7.21. The van der Waals surface area contributed by atoms with Gasteiger partial charge in [0.05, 0.1) is 18.3 Å². The Kier molecular flexibility index (Phi) is 4.96. The lowest BCUT2D eigenvalue weighted by Gasteiger charge is -2.28. The number of likely N-dealkylation sites (N-methyl/N-ethyl adjacent to an activating group) is 1. The molecule has 1 fully saturated rings. The van der Waals surface area contributed by atoms with Crippen LogP contribution in [-0.2, 0) is 11.3 Å². The van der Waals surface area contributed by atoms with Crippen molar-refractivity contribution in [2.24, 2.45) is 0 Å². The lowest BCUT2D eigenvalue weighted by atomic mass is 10.0. The fourth-order valence-corrected chi connectivity index (χ4v) is 2.99. The highest BCUT2D eigenvalue weighted by atomic mass is 19.1. The van der Waals surface area contributed by atoms with Crippen molar-refractivity contribution >= 4 is 5.97 Å². The smallest absolute Gasteiger partial charge is 0.340 e. The summed E-state index contributed by atoms with van der Waals surface area (Å²) in [5.74, 6) is -1.25. The van der Waals surface area contributed by atoms with Crippen LogP contribution in [0.2, 0.25) is 0 Å². The van der Waals surface area contributed by atoms with Crippen LogP contribution in [0.25, 0.3) is 0 Å². The van der Waals surface area contributed by atoms with Gasteiger partial charge in [-0.05, 0) is 37.6 Å². The number of halogens is 1. The quantitative estimate of drug-likeness (QED) is 0.847. The number of hydrogen-bond donors (Lipinski definition) is 1. The summed E-state index contributed by atoms with van der Waals surface area (Å²) in [4.78, 5) is 13.3. The van der Waals surface area contributed by atoms with Crippen molar-refractivity contribution in [2.75, 3.05) is 20.7 Å². The number of benzene rings is 1. The molecule has 1 aromatic carbocycles.